The lowest BCUT2D eigenvalue weighted by molar-refractivity contribution is -0.117. The maximum atomic E-state index is 13.0. The van der Waals surface area contributed by atoms with Gasteiger partial charge < -0.3 is 5.32 Å². The van der Waals surface area contributed by atoms with Crippen molar-refractivity contribution in [3.8, 4) is 0 Å². The molecule has 2 N–H and O–H groups in total. The van der Waals surface area contributed by atoms with Crippen LogP contribution in [0.2, 0.25) is 0 Å². The van der Waals surface area contributed by atoms with Gasteiger partial charge in [0.15, 0.2) is 5.65 Å². The first-order valence-corrected chi connectivity index (χ1v) is 12.4. The molecule has 2 heterocycles. The van der Waals surface area contributed by atoms with Crippen LogP contribution < -0.4 is 21.9 Å². The van der Waals surface area contributed by atoms with E-state index in [1.54, 1.807) is 13.8 Å². The van der Waals surface area contributed by atoms with Gasteiger partial charge in [-0.3, -0.25) is 24.0 Å². The summed E-state index contributed by atoms with van der Waals surface area (Å²) in [7, 11) is 1.42. The molecule has 11 heteroatoms. The maximum absolute atomic E-state index is 13.0. The van der Waals surface area contributed by atoms with Crippen LogP contribution in [0.1, 0.15) is 65.6 Å². The van der Waals surface area contributed by atoms with E-state index < -0.39 is 23.2 Å². The SMILES string of the molecule is CCCCCCc1nc(SCC(=O)NC(=O)NC(C)C)c2c(=O)n(C)c(=O)n(CCC)c2n1. The Bertz CT molecular complexity index is 1110. The van der Waals surface area contributed by atoms with Crippen molar-refractivity contribution in [2.24, 2.45) is 7.05 Å². The van der Waals surface area contributed by atoms with E-state index in [2.05, 4.69) is 27.5 Å². The lowest BCUT2D eigenvalue weighted by Crippen LogP contribution is -2.43. The molecule has 0 bridgehead atoms. The van der Waals surface area contributed by atoms with E-state index >= 15 is 0 Å². The molecule has 0 aromatic carbocycles. The molecule has 3 amide bonds. The third kappa shape index (κ3) is 7.15. The van der Waals surface area contributed by atoms with E-state index in [1.807, 2.05) is 6.92 Å². The minimum Gasteiger partial charge on any atom is -0.336 e. The molecule has 10 nitrogen and oxygen atoms in total. The molecule has 0 aliphatic heterocycles. The second-order valence-electron chi connectivity index (χ2n) is 8.22. The number of nitrogens with zero attached hydrogens (tertiary/aromatic N) is 4. The highest BCUT2D eigenvalue weighted by Crippen LogP contribution is 2.23. The van der Waals surface area contributed by atoms with Crippen molar-refractivity contribution in [2.75, 3.05) is 5.75 Å². The summed E-state index contributed by atoms with van der Waals surface area (Å²) >= 11 is 1.06. The van der Waals surface area contributed by atoms with Gasteiger partial charge in [0.25, 0.3) is 5.56 Å². The van der Waals surface area contributed by atoms with Crippen molar-refractivity contribution in [3.63, 3.8) is 0 Å². The van der Waals surface area contributed by atoms with Gasteiger partial charge in [-0.05, 0) is 26.7 Å². The maximum Gasteiger partial charge on any atom is 0.332 e. The molecular formula is C22H34N6O4S. The van der Waals surface area contributed by atoms with Gasteiger partial charge in [-0.15, -0.1) is 0 Å². The Morgan fingerprint density at radius 3 is 2.42 bits per heavy atom. The smallest absolute Gasteiger partial charge is 0.332 e. The predicted octanol–water partition coefficient (Wildman–Crippen LogP) is 2.35. The molecule has 2 aromatic heterocycles. The second kappa shape index (κ2) is 12.5. The van der Waals surface area contributed by atoms with Crippen LogP contribution in [0.3, 0.4) is 0 Å². The van der Waals surface area contributed by atoms with Crippen LogP contribution in [0.15, 0.2) is 14.6 Å². The van der Waals surface area contributed by atoms with E-state index in [1.165, 1.54) is 11.6 Å². The molecule has 0 spiro atoms. The number of fused-ring (bicyclic) bond motifs is 1. The van der Waals surface area contributed by atoms with E-state index in [0.29, 0.717) is 35.9 Å². The molecule has 0 aliphatic carbocycles. The monoisotopic (exact) mass is 478 g/mol. The van der Waals surface area contributed by atoms with Gasteiger partial charge in [0.2, 0.25) is 5.91 Å². The zero-order chi connectivity index (χ0) is 24.5. The van der Waals surface area contributed by atoms with Gasteiger partial charge in [-0.25, -0.2) is 19.6 Å². The number of carbonyl (C=O) groups excluding carboxylic acids is 2. The van der Waals surface area contributed by atoms with Gasteiger partial charge in [-0.1, -0.05) is 44.9 Å². The summed E-state index contributed by atoms with van der Waals surface area (Å²) in [6, 6.07) is -0.683. The standard InChI is InChI=1S/C22H34N6O4S/c1-6-8-9-10-11-15-24-18-17(20(30)27(5)22(32)28(18)12-7-2)19(25-15)33-13-16(29)26-21(31)23-14(3)4/h14H,6-13H2,1-5H3,(H2,23,26,29,31). The molecular weight excluding hydrogens is 444 g/mol. The molecule has 0 unspecified atom stereocenters. The summed E-state index contributed by atoms with van der Waals surface area (Å²) in [4.78, 5) is 58.9. The summed E-state index contributed by atoms with van der Waals surface area (Å²) in [5, 5.41) is 5.42. The Kier molecular flexibility index (Phi) is 10.1. The van der Waals surface area contributed by atoms with Crippen LogP contribution in [0.4, 0.5) is 4.79 Å². The molecule has 2 aromatic rings. The lowest BCUT2D eigenvalue weighted by Gasteiger charge is -2.14. The lowest BCUT2D eigenvalue weighted by atomic mass is 10.1. The number of hydrogen-bond donors (Lipinski definition) is 2. The number of amides is 3. The average molecular weight is 479 g/mol. The fourth-order valence-electron chi connectivity index (χ4n) is 3.33. The number of carbonyl (C=O) groups is 2. The fraction of sp³-hybridized carbons (Fsp3) is 0.636. The van der Waals surface area contributed by atoms with Crippen LogP contribution in [-0.4, -0.2) is 42.8 Å². The van der Waals surface area contributed by atoms with E-state index in [4.69, 9.17) is 0 Å². The Hall–Kier alpha value is -2.69. The molecule has 0 radical (unpaired) electrons. The van der Waals surface area contributed by atoms with Crippen molar-refractivity contribution in [2.45, 2.75) is 83.8 Å². The third-order valence-corrected chi connectivity index (χ3v) is 5.88. The Labute approximate surface area is 197 Å². The van der Waals surface area contributed by atoms with Crippen molar-refractivity contribution in [1.82, 2.24) is 29.7 Å². The van der Waals surface area contributed by atoms with E-state index in [-0.39, 0.29) is 17.2 Å². The van der Waals surface area contributed by atoms with Crippen LogP contribution in [0.25, 0.3) is 11.0 Å². The largest absolute Gasteiger partial charge is 0.336 e. The number of imide groups is 1. The van der Waals surface area contributed by atoms with Gasteiger partial charge in [0, 0.05) is 26.1 Å². The highest BCUT2D eigenvalue weighted by atomic mass is 32.2. The first kappa shape index (κ1) is 26.6. The summed E-state index contributed by atoms with van der Waals surface area (Å²) in [6.07, 6.45) is 5.44. The molecule has 33 heavy (non-hydrogen) atoms. The van der Waals surface area contributed by atoms with Crippen molar-refractivity contribution in [1.29, 1.82) is 0 Å². The zero-order valence-corrected chi connectivity index (χ0v) is 20.9. The highest BCUT2D eigenvalue weighted by molar-refractivity contribution is 8.00. The topological polar surface area (TPSA) is 128 Å². The number of unbranched alkanes of at least 4 members (excludes halogenated alkanes) is 3. The Balaban J connectivity index is 2.44. The second-order valence-corrected chi connectivity index (χ2v) is 9.18. The molecule has 0 aliphatic rings. The predicted molar refractivity (Wildman–Crippen MR) is 130 cm³/mol. The van der Waals surface area contributed by atoms with E-state index in [0.717, 1.165) is 42.0 Å². The zero-order valence-electron chi connectivity index (χ0n) is 20.1. The molecule has 2 rings (SSSR count). The first-order chi connectivity index (χ1) is 15.7. The van der Waals surface area contributed by atoms with Crippen molar-refractivity contribution < 1.29 is 9.59 Å². The van der Waals surface area contributed by atoms with Gasteiger partial charge in [0.1, 0.15) is 16.2 Å². The minimum atomic E-state index is -0.576. The number of nitrogens with one attached hydrogen (secondary N) is 2. The third-order valence-electron chi connectivity index (χ3n) is 4.91. The van der Waals surface area contributed by atoms with Gasteiger partial charge in [0.05, 0.1) is 5.75 Å². The summed E-state index contributed by atoms with van der Waals surface area (Å²) in [5.74, 6) is -0.0761. The molecule has 0 atom stereocenters. The molecule has 0 saturated heterocycles. The molecule has 182 valence electrons. The number of thioether (sulfide) groups is 1. The molecule has 0 saturated carbocycles. The summed E-state index contributed by atoms with van der Waals surface area (Å²) in [5.41, 5.74) is -0.629. The van der Waals surface area contributed by atoms with Crippen LogP contribution in [0, 0.1) is 0 Å². The average Bonchev–Trinajstić information content (AvgIpc) is 2.75. The Morgan fingerprint density at radius 2 is 1.79 bits per heavy atom. The summed E-state index contributed by atoms with van der Waals surface area (Å²) < 4.78 is 2.54. The summed E-state index contributed by atoms with van der Waals surface area (Å²) in [6.45, 7) is 8.07. The number of aromatic nitrogens is 4. The van der Waals surface area contributed by atoms with Crippen LogP contribution in [-0.2, 0) is 24.8 Å². The molecule has 0 fully saturated rings. The van der Waals surface area contributed by atoms with Gasteiger partial charge >= 0.3 is 11.7 Å². The van der Waals surface area contributed by atoms with E-state index in [9.17, 15) is 19.2 Å². The van der Waals surface area contributed by atoms with Crippen LogP contribution in [0.5, 0.6) is 0 Å². The van der Waals surface area contributed by atoms with Crippen LogP contribution >= 0.6 is 11.8 Å². The Morgan fingerprint density at radius 1 is 1.06 bits per heavy atom. The van der Waals surface area contributed by atoms with Crippen molar-refractivity contribution >= 4 is 34.7 Å². The number of urea groups is 1. The normalized spacial score (nSPS) is 11.2. The highest BCUT2D eigenvalue weighted by Gasteiger charge is 2.20. The number of hydrogen-bond acceptors (Lipinski definition) is 7. The van der Waals surface area contributed by atoms with Crippen molar-refractivity contribution in [3.05, 3.63) is 26.7 Å². The minimum absolute atomic E-state index is 0.107. The number of aryl methyl sites for hydroxylation is 2. The van der Waals surface area contributed by atoms with Gasteiger partial charge in [-0.2, -0.15) is 0 Å². The first-order valence-electron chi connectivity index (χ1n) is 11.4. The fourth-order valence-corrected chi connectivity index (χ4v) is 4.16. The quantitative estimate of drug-likeness (QED) is 0.288. The number of rotatable bonds is 11.